The molecule has 1 aromatic rings. The summed E-state index contributed by atoms with van der Waals surface area (Å²) in [5, 5.41) is 10.3. The van der Waals surface area contributed by atoms with E-state index in [4.69, 9.17) is 0 Å². The lowest BCUT2D eigenvalue weighted by Crippen LogP contribution is -2.18. The standard InChI is InChI=1S/C16H20O3/c1-4-5-6-7-12-16(2,18)14-10-8-13(9-11-14)15(17)19-3/h8-11,18H,4-6H2,1-3H3/t16-/m1/s1. The molecule has 0 saturated heterocycles. The first-order valence-electron chi connectivity index (χ1n) is 6.42. The second kappa shape index (κ2) is 6.96. The minimum Gasteiger partial charge on any atom is -0.465 e. The highest BCUT2D eigenvalue weighted by Crippen LogP contribution is 2.20. The molecule has 0 amide bonds. The summed E-state index contributed by atoms with van der Waals surface area (Å²) in [6.07, 6.45) is 2.90. The minimum atomic E-state index is -1.19. The number of rotatable bonds is 4. The fraction of sp³-hybridized carbons (Fsp3) is 0.438. The van der Waals surface area contributed by atoms with Crippen LogP contribution >= 0.6 is 0 Å². The van der Waals surface area contributed by atoms with Crippen LogP contribution in [-0.2, 0) is 10.3 Å². The summed E-state index contributed by atoms with van der Waals surface area (Å²) in [5.41, 5.74) is -0.0623. The van der Waals surface area contributed by atoms with Gasteiger partial charge in [-0.25, -0.2) is 4.79 Å². The van der Waals surface area contributed by atoms with Crippen molar-refractivity contribution in [3.63, 3.8) is 0 Å². The molecule has 0 heterocycles. The van der Waals surface area contributed by atoms with Gasteiger partial charge in [-0.3, -0.25) is 0 Å². The molecule has 19 heavy (non-hydrogen) atoms. The van der Waals surface area contributed by atoms with Gasteiger partial charge in [0.25, 0.3) is 0 Å². The van der Waals surface area contributed by atoms with Crippen molar-refractivity contribution in [1.82, 2.24) is 0 Å². The van der Waals surface area contributed by atoms with Crippen molar-refractivity contribution in [3.8, 4) is 11.8 Å². The van der Waals surface area contributed by atoms with E-state index in [9.17, 15) is 9.90 Å². The molecule has 0 aliphatic rings. The Labute approximate surface area is 114 Å². The Morgan fingerprint density at radius 2 is 2.00 bits per heavy atom. The Balaban J connectivity index is 2.83. The van der Waals surface area contributed by atoms with Crippen LogP contribution in [0.3, 0.4) is 0 Å². The summed E-state index contributed by atoms with van der Waals surface area (Å²) in [4.78, 5) is 11.3. The monoisotopic (exact) mass is 260 g/mol. The zero-order valence-corrected chi connectivity index (χ0v) is 11.7. The summed E-state index contributed by atoms with van der Waals surface area (Å²) in [5.74, 6) is 5.46. The molecular formula is C16H20O3. The number of benzene rings is 1. The Kier molecular flexibility index (Phi) is 5.59. The van der Waals surface area contributed by atoms with E-state index >= 15 is 0 Å². The maximum absolute atomic E-state index is 11.3. The van der Waals surface area contributed by atoms with Crippen LogP contribution in [0.1, 0.15) is 49.0 Å². The molecule has 0 aromatic heterocycles. The molecule has 0 aliphatic heterocycles. The SMILES string of the molecule is CCCCC#C[C@@](C)(O)c1ccc(C(=O)OC)cc1. The van der Waals surface area contributed by atoms with Gasteiger partial charge in [0, 0.05) is 6.42 Å². The smallest absolute Gasteiger partial charge is 0.337 e. The van der Waals surface area contributed by atoms with Crippen LogP contribution in [0.5, 0.6) is 0 Å². The first kappa shape index (κ1) is 15.3. The molecule has 3 heteroatoms. The highest BCUT2D eigenvalue weighted by Gasteiger charge is 2.20. The van der Waals surface area contributed by atoms with Crippen molar-refractivity contribution in [2.24, 2.45) is 0 Å². The summed E-state index contributed by atoms with van der Waals surface area (Å²) in [6.45, 7) is 3.75. The Hall–Kier alpha value is -1.79. The summed E-state index contributed by atoms with van der Waals surface area (Å²) in [7, 11) is 1.34. The Morgan fingerprint density at radius 3 is 2.53 bits per heavy atom. The minimum absolute atomic E-state index is 0.389. The van der Waals surface area contributed by atoms with Crippen molar-refractivity contribution >= 4 is 5.97 Å². The number of carbonyl (C=O) groups is 1. The van der Waals surface area contributed by atoms with Crippen molar-refractivity contribution in [1.29, 1.82) is 0 Å². The molecule has 0 unspecified atom stereocenters. The number of aliphatic hydroxyl groups is 1. The number of esters is 1. The topological polar surface area (TPSA) is 46.5 Å². The molecule has 1 aromatic carbocycles. The molecule has 0 aliphatic carbocycles. The van der Waals surface area contributed by atoms with E-state index in [1.165, 1.54) is 7.11 Å². The van der Waals surface area contributed by atoms with Gasteiger partial charge in [-0.2, -0.15) is 0 Å². The van der Waals surface area contributed by atoms with Crippen molar-refractivity contribution in [2.45, 2.75) is 38.7 Å². The highest BCUT2D eigenvalue weighted by molar-refractivity contribution is 5.89. The molecule has 3 nitrogen and oxygen atoms in total. The van der Waals surface area contributed by atoms with E-state index < -0.39 is 5.60 Å². The van der Waals surface area contributed by atoms with E-state index in [1.54, 1.807) is 31.2 Å². The van der Waals surface area contributed by atoms with E-state index in [-0.39, 0.29) is 5.97 Å². The molecule has 1 rings (SSSR count). The maximum atomic E-state index is 11.3. The quantitative estimate of drug-likeness (QED) is 0.514. The fourth-order valence-corrected chi connectivity index (χ4v) is 1.62. The highest BCUT2D eigenvalue weighted by atomic mass is 16.5. The van der Waals surface area contributed by atoms with Gasteiger partial charge in [0.15, 0.2) is 0 Å². The molecule has 1 atom stereocenters. The van der Waals surface area contributed by atoms with Crippen LogP contribution in [0.2, 0.25) is 0 Å². The second-order valence-electron chi connectivity index (χ2n) is 4.55. The van der Waals surface area contributed by atoms with Crippen LogP contribution in [0.25, 0.3) is 0 Å². The molecule has 0 bridgehead atoms. The number of carbonyl (C=O) groups excluding carboxylic acids is 1. The first-order valence-corrected chi connectivity index (χ1v) is 6.42. The number of hydrogen-bond acceptors (Lipinski definition) is 3. The summed E-state index contributed by atoms with van der Waals surface area (Å²) < 4.78 is 4.62. The Morgan fingerprint density at radius 1 is 1.37 bits per heavy atom. The van der Waals surface area contributed by atoms with Gasteiger partial charge in [-0.05, 0) is 31.0 Å². The zero-order chi connectivity index (χ0) is 14.3. The average Bonchev–Trinajstić information content (AvgIpc) is 2.43. The third-order valence-corrected chi connectivity index (χ3v) is 2.86. The van der Waals surface area contributed by atoms with Crippen LogP contribution < -0.4 is 0 Å². The number of hydrogen-bond donors (Lipinski definition) is 1. The largest absolute Gasteiger partial charge is 0.465 e. The van der Waals surface area contributed by atoms with Crippen molar-refractivity contribution in [3.05, 3.63) is 35.4 Å². The van der Waals surface area contributed by atoms with Gasteiger partial charge < -0.3 is 9.84 Å². The van der Waals surface area contributed by atoms with Gasteiger partial charge in [-0.15, -0.1) is 0 Å². The molecule has 0 saturated carbocycles. The van der Waals surface area contributed by atoms with E-state index in [0.717, 1.165) is 19.3 Å². The number of methoxy groups -OCH3 is 1. The first-order chi connectivity index (χ1) is 9.01. The Bertz CT molecular complexity index is 475. The van der Waals surface area contributed by atoms with Gasteiger partial charge in [0.1, 0.15) is 5.60 Å². The maximum Gasteiger partial charge on any atom is 0.337 e. The van der Waals surface area contributed by atoms with E-state index in [2.05, 4.69) is 23.5 Å². The number of unbranched alkanes of at least 4 members (excludes halogenated alkanes) is 2. The lowest BCUT2D eigenvalue weighted by molar-refractivity contribution is 0.0600. The molecule has 102 valence electrons. The van der Waals surface area contributed by atoms with Gasteiger partial charge >= 0.3 is 5.97 Å². The van der Waals surface area contributed by atoms with Crippen molar-refractivity contribution < 1.29 is 14.6 Å². The molecule has 1 N–H and O–H groups in total. The lowest BCUT2D eigenvalue weighted by Gasteiger charge is -2.17. The van der Waals surface area contributed by atoms with Crippen LogP contribution in [0.4, 0.5) is 0 Å². The zero-order valence-electron chi connectivity index (χ0n) is 11.7. The molecular weight excluding hydrogens is 240 g/mol. The normalized spacial score (nSPS) is 13.1. The average molecular weight is 260 g/mol. The van der Waals surface area contributed by atoms with Crippen LogP contribution in [0, 0.1) is 11.8 Å². The van der Waals surface area contributed by atoms with E-state index in [0.29, 0.717) is 11.1 Å². The van der Waals surface area contributed by atoms with Crippen LogP contribution in [0.15, 0.2) is 24.3 Å². The predicted molar refractivity (Wildman–Crippen MR) is 74.7 cm³/mol. The van der Waals surface area contributed by atoms with Crippen molar-refractivity contribution in [2.75, 3.05) is 7.11 Å². The lowest BCUT2D eigenvalue weighted by atomic mass is 9.95. The molecule has 0 radical (unpaired) electrons. The van der Waals surface area contributed by atoms with Crippen LogP contribution in [-0.4, -0.2) is 18.2 Å². The molecule has 0 spiro atoms. The number of ether oxygens (including phenoxy) is 1. The van der Waals surface area contributed by atoms with Gasteiger partial charge in [0.2, 0.25) is 0 Å². The third kappa shape index (κ3) is 4.42. The summed E-state index contributed by atoms with van der Waals surface area (Å²) >= 11 is 0. The van der Waals surface area contributed by atoms with Gasteiger partial charge in [-0.1, -0.05) is 37.3 Å². The van der Waals surface area contributed by atoms with Gasteiger partial charge in [0.05, 0.1) is 12.7 Å². The second-order valence-corrected chi connectivity index (χ2v) is 4.55. The predicted octanol–water partition coefficient (Wildman–Crippen LogP) is 2.87. The third-order valence-electron chi connectivity index (χ3n) is 2.86. The fourth-order valence-electron chi connectivity index (χ4n) is 1.62. The van der Waals surface area contributed by atoms with E-state index in [1.807, 2.05) is 0 Å². The molecule has 0 fully saturated rings. The summed E-state index contributed by atoms with van der Waals surface area (Å²) in [6, 6.07) is 6.65.